The Morgan fingerprint density at radius 3 is 2.71 bits per heavy atom. The van der Waals surface area contributed by atoms with Crippen molar-refractivity contribution in [2.45, 2.75) is 18.8 Å². The van der Waals surface area contributed by atoms with Gasteiger partial charge < -0.3 is 5.32 Å². The first-order valence-electron chi connectivity index (χ1n) is 5.16. The van der Waals surface area contributed by atoms with Crippen LogP contribution < -0.4 is 5.32 Å². The van der Waals surface area contributed by atoms with Crippen molar-refractivity contribution in [2.75, 3.05) is 13.1 Å². The fourth-order valence-electron chi connectivity index (χ4n) is 1.96. The highest BCUT2D eigenvalue weighted by atomic mass is 16.1. The van der Waals surface area contributed by atoms with E-state index in [4.69, 9.17) is 0 Å². The van der Waals surface area contributed by atoms with E-state index in [-0.39, 0.29) is 5.92 Å². The van der Waals surface area contributed by atoms with Crippen molar-refractivity contribution in [3.05, 3.63) is 35.9 Å². The lowest BCUT2D eigenvalue weighted by atomic mass is 9.91. The van der Waals surface area contributed by atoms with Crippen LogP contribution in [-0.2, 0) is 4.79 Å². The van der Waals surface area contributed by atoms with Crippen LogP contribution >= 0.6 is 0 Å². The maximum Gasteiger partial charge on any atom is 0.141 e. The molecule has 0 radical (unpaired) electrons. The average molecular weight is 189 g/mol. The second-order valence-corrected chi connectivity index (χ2v) is 3.72. The average Bonchev–Trinajstić information content (AvgIpc) is 2.44. The van der Waals surface area contributed by atoms with Gasteiger partial charge in [0.15, 0.2) is 0 Å². The molecule has 0 spiro atoms. The number of Topliss-reactive ketones (excluding diaryl/α,β-unsaturated/α-hetero) is 1. The Bertz CT molecular complexity index is 307. The van der Waals surface area contributed by atoms with Gasteiger partial charge in [0.25, 0.3) is 0 Å². The highest BCUT2D eigenvalue weighted by Crippen LogP contribution is 2.22. The van der Waals surface area contributed by atoms with Crippen LogP contribution in [0.5, 0.6) is 0 Å². The predicted octanol–water partition coefficient (Wildman–Crippen LogP) is 1.72. The van der Waals surface area contributed by atoms with Gasteiger partial charge in [-0.25, -0.2) is 0 Å². The van der Waals surface area contributed by atoms with Crippen LogP contribution in [-0.4, -0.2) is 18.9 Å². The number of ketones is 1. The maximum atomic E-state index is 11.8. The molecule has 2 rings (SSSR count). The molecule has 1 heterocycles. The minimum atomic E-state index is 0.117. The van der Waals surface area contributed by atoms with Crippen molar-refractivity contribution in [3.63, 3.8) is 0 Å². The highest BCUT2D eigenvalue weighted by Gasteiger charge is 2.21. The quantitative estimate of drug-likeness (QED) is 0.729. The summed E-state index contributed by atoms with van der Waals surface area (Å²) in [6.07, 6.45) is 1.60. The zero-order valence-corrected chi connectivity index (χ0v) is 8.20. The van der Waals surface area contributed by atoms with Gasteiger partial charge in [0.05, 0.1) is 0 Å². The summed E-state index contributed by atoms with van der Waals surface area (Å²) in [6.45, 7) is 1.79. The largest absolute Gasteiger partial charge is 0.316 e. The summed E-state index contributed by atoms with van der Waals surface area (Å²) < 4.78 is 0. The van der Waals surface area contributed by atoms with Gasteiger partial charge in [0.2, 0.25) is 0 Å². The van der Waals surface area contributed by atoms with Crippen molar-refractivity contribution < 1.29 is 4.79 Å². The summed E-state index contributed by atoms with van der Waals surface area (Å²) in [6, 6.07) is 10.1. The van der Waals surface area contributed by atoms with E-state index in [0.717, 1.165) is 19.5 Å². The zero-order valence-electron chi connectivity index (χ0n) is 8.20. The van der Waals surface area contributed by atoms with Crippen LogP contribution in [0.25, 0.3) is 0 Å². The number of hydrogen-bond donors (Lipinski definition) is 1. The van der Waals surface area contributed by atoms with Crippen LogP contribution in [0.3, 0.4) is 0 Å². The summed E-state index contributed by atoms with van der Waals surface area (Å²) in [4.78, 5) is 11.8. The fourth-order valence-corrected chi connectivity index (χ4v) is 1.96. The molecule has 1 aromatic rings. The number of carbonyl (C=O) groups is 1. The molecular weight excluding hydrogens is 174 g/mol. The van der Waals surface area contributed by atoms with E-state index >= 15 is 0 Å². The van der Waals surface area contributed by atoms with Crippen LogP contribution in [0, 0.1) is 0 Å². The molecule has 1 N–H and O–H groups in total. The molecular formula is C12H15NO. The van der Waals surface area contributed by atoms with Gasteiger partial charge in [0, 0.05) is 18.9 Å². The van der Waals surface area contributed by atoms with E-state index in [1.54, 1.807) is 0 Å². The molecule has 1 atom stereocenters. The lowest BCUT2D eigenvalue weighted by molar-refractivity contribution is -0.120. The van der Waals surface area contributed by atoms with Crippen molar-refractivity contribution >= 4 is 5.78 Å². The Morgan fingerprint density at radius 1 is 1.14 bits per heavy atom. The molecule has 0 aromatic heterocycles. The van der Waals surface area contributed by atoms with Crippen LogP contribution in [0.15, 0.2) is 30.3 Å². The second kappa shape index (κ2) is 4.38. The fraction of sp³-hybridized carbons (Fsp3) is 0.417. The summed E-state index contributed by atoms with van der Waals surface area (Å²) >= 11 is 0. The number of carbonyl (C=O) groups excluding carboxylic acids is 1. The summed E-state index contributed by atoms with van der Waals surface area (Å²) in [5, 5.41) is 3.26. The minimum Gasteiger partial charge on any atom is -0.316 e. The highest BCUT2D eigenvalue weighted by molar-refractivity contribution is 5.86. The number of benzene rings is 1. The zero-order chi connectivity index (χ0) is 9.80. The van der Waals surface area contributed by atoms with Crippen LogP contribution in [0.2, 0.25) is 0 Å². The smallest absolute Gasteiger partial charge is 0.141 e. The van der Waals surface area contributed by atoms with Crippen LogP contribution in [0.1, 0.15) is 24.3 Å². The molecule has 1 aliphatic heterocycles. The third-order valence-electron chi connectivity index (χ3n) is 2.75. The van der Waals surface area contributed by atoms with Crippen LogP contribution in [0.4, 0.5) is 0 Å². The summed E-state index contributed by atoms with van der Waals surface area (Å²) in [5.74, 6) is 0.493. The first-order chi connectivity index (χ1) is 6.88. The molecule has 74 valence electrons. The van der Waals surface area contributed by atoms with Crippen molar-refractivity contribution in [1.82, 2.24) is 5.32 Å². The second-order valence-electron chi connectivity index (χ2n) is 3.72. The molecule has 1 aliphatic rings. The van der Waals surface area contributed by atoms with Gasteiger partial charge in [-0.1, -0.05) is 30.3 Å². The Hall–Kier alpha value is -1.15. The number of rotatable bonds is 1. The third kappa shape index (κ3) is 2.02. The number of hydrogen-bond acceptors (Lipinski definition) is 2. The molecule has 0 aliphatic carbocycles. The molecule has 2 heteroatoms. The summed E-state index contributed by atoms with van der Waals surface area (Å²) in [5.41, 5.74) is 1.17. The van der Waals surface area contributed by atoms with E-state index < -0.39 is 0 Å². The van der Waals surface area contributed by atoms with E-state index in [0.29, 0.717) is 12.2 Å². The van der Waals surface area contributed by atoms with Crippen molar-refractivity contribution in [1.29, 1.82) is 0 Å². The normalized spacial score (nSPS) is 23.1. The predicted molar refractivity (Wildman–Crippen MR) is 56.3 cm³/mol. The van der Waals surface area contributed by atoms with E-state index in [9.17, 15) is 4.79 Å². The molecule has 1 saturated heterocycles. The molecule has 1 fully saturated rings. The maximum absolute atomic E-state index is 11.8. The van der Waals surface area contributed by atoms with E-state index in [2.05, 4.69) is 5.32 Å². The molecule has 1 aromatic carbocycles. The Balaban J connectivity index is 2.19. The molecule has 0 bridgehead atoms. The lowest BCUT2D eigenvalue weighted by Crippen LogP contribution is -2.13. The SMILES string of the molecule is O=C1CCNCCC1c1ccccc1. The van der Waals surface area contributed by atoms with Gasteiger partial charge in [0.1, 0.15) is 5.78 Å². The first kappa shape index (κ1) is 9.41. The van der Waals surface area contributed by atoms with Gasteiger partial charge in [-0.3, -0.25) is 4.79 Å². The van der Waals surface area contributed by atoms with E-state index in [1.165, 1.54) is 5.56 Å². The summed E-state index contributed by atoms with van der Waals surface area (Å²) in [7, 11) is 0. The third-order valence-corrected chi connectivity index (χ3v) is 2.75. The van der Waals surface area contributed by atoms with Gasteiger partial charge >= 0.3 is 0 Å². The molecule has 0 amide bonds. The van der Waals surface area contributed by atoms with Crippen molar-refractivity contribution in [3.8, 4) is 0 Å². The topological polar surface area (TPSA) is 29.1 Å². The monoisotopic (exact) mass is 189 g/mol. The molecule has 2 nitrogen and oxygen atoms in total. The van der Waals surface area contributed by atoms with Crippen molar-refractivity contribution in [2.24, 2.45) is 0 Å². The Morgan fingerprint density at radius 2 is 1.93 bits per heavy atom. The minimum absolute atomic E-state index is 0.117. The first-order valence-corrected chi connectivity index (χ1v) is 5.16. The molecule has 14 heavy (non-hydrogen) atoms. The molecule has 1 unspecified atom stereocenters. The standard InChI is InChI=1S/C12H15NO/c14-12-7-9-13-8-6-11(12)10-4-2-1-3-5-10/h1-5,11,13H,6-9H2. The van der Waals surface area contributed by atoms with Gasteiger partial charge in [-0.15, -0.1) is 0 Å². The van der Waals surface area contributed by atoms with Gasteiger partial charge in [-0.05, 0) is 18.5 Å². The van der Waals surface area contributed by atoms with E-state index in [1.807, 2.05) is 30.3 Å². The lowest BCUT2D eigenvalue weighted by Gasteiger charge is -2.12. The molecule has 0 saturated carbocycles. The van der Waals surface area contributed by atoms with Gasteiger partial charge in [-0.2, -0.15) is 0 Å². The Kier molecular flexibility index (Phi) is 2.94. The number of nitrogens with one attached hydrogen (secondary N) is 1. The Labute approximate surface area is 84.3 Å².